The third-order valence-electron chi connectivity index (χ3n) is 1.41. The van der Waals surface area contributed by atoms with E-state index in [0.717, 1.165) is 6.20 Å². The third-order valence-corrected chi connectivity index (χ3v) is 1.41. The average Bonchev–Trinajstić information content (AvgIpc) is 2.03. The van der Waals surface area contributed by atoms with Crippen LogP contribution in [-0.2, 0) is 6.18 Å². The van der Waals surface area contributed by atoms with Crippen molar-refractivity contribution in [2.75, 3.05) is 0 Å². The summed E-state index contributed by atoms with van der Waals surface area (Å²) in [5, 5.41) is 0. The van der Waals surface area contributed by atoms with Gasteiger partial charge in [-0.2, -0.15) is 13.2 Å². The Kier molecular flexibility index (Phi) is 2.54. The highest BCUT2D eigenvalue weighted by Gasteiger charge is 2.33. The number of halogens is 3. The van der Waals surface area contributed by atoms with Gasteiger partial charge in [-0.15, -0.1) is 0 Å². The monoisotopic (exact) mass is 189 g/mol. The van der Waals surface area contributed by atoms with Gasteiger partial charge >= 0.3 is 6.18 Å². The molecule has 1 radical (unpaired) electrons. The van der Waals surface area contributed by atoms with E-state index in [4.69, 9.17) is 0 Å². The molecule has 1 aromatic heterocycles. The quantitative estimate of drug-likeness (QED) is 0.678. The molecule has 0 fully saturated rings. The van der Waals surface area contributed by atoms with E-state index in [1.807, 2.05) is 6.07 Å². The molecule has 1 rings (SSSR count). The first-order valence-electron chi connectivity index (χ1n) is 3.73. The highest BCUT2D eigenvalue weighted by molar-refractivity contribution is 5.06. The Morgan fingerprint density at radius 2 is 2.00 bits per heavy atom. The zero-order chi connectivity index (χ0) is 10.1. The van der Waals surface area contributed by atoms with Crippen molar-refractivity contribution in [1.82, 2.24) is 9.97 Å². The molecule has 0 aliphatic rings. The van der Waals surface area contributed by atoms with E-state index < -0.39 is 11.9 Å². The van der Waals surface area contributed by atoms with Crippen molar-refractivity contribution >= 4 is 0 Å². The fraction of sp³-hybridized carbons (Fsp3) is 0.500. The van der Waals surface area contributed by atoms with Crippen molar-refractivity contribution in [2.45, 2.75) is 25.9 Å². The van der Waals surface area contributed by atoms with Crippen LogP contribution < -0.4 is 0 Å². The van der Waals surface area contributed by atoms with Crippen LogP contribution in [0.25, 0.3) is 0 Å². The molecule has 0 amide bonds. The summed E-state index contributed by atoms with van der Waals surface area (Å²) < 4.78 is 36.3. The van der Waals surface area contributed by atoms with Gasteiger partial charge in [0.1, 0.15) is 5.82 Å². The molecule has 0 aliphatic carbocycles. The molecule has 0 saturated heterocycles. The SMILES string of the molecule is CC(C)c1nc[c]c(C(F)(F)F)n1. The molecule has 1 aromatic rings. The van der Waals surface area contributed by atoms with Crippen molar-refractivity contribution in [2.24, 2.45) is 0 Å². The van der Waals surface area contributed by atoms with E-state index in [-0.39, 0.29) is 11.7 Å². The summed E-state index contributed by atoms with van der Waals surface area (Å²) in [5.74, 6) is 0.0711. The van der Waals surface area contributed by atoms with Crippen LogP contribution in [-0.4, -0.2) is 9.97 Å². The molecule has 0 N–H and O–H groups in total. The van der Waals surface area contributed by atoms with E-state index in [2.05, 4.69) is 9.97 Å². The normalized spacial score (nSPS) is 12.2. The zero-order valence-corrected chi connectivity index (χ0v) is 7.18. The van der Waals surface area contributed by atoms with Crippen LogP contribution in [0.1, 0.15) is 31.3 Å². The molecule has 2 nitrogen and oxygen atoms in total. The summed E-state index contributed by atoms with van der Waals surface area (Å²) in [7, 11) is 0. The van der Waals surface area contributed by atoms with E-state index in [1.165, 1.54) is 0 Å². The van der Waals surface area contributed by atoms with Crippen molar-refractivity contribution in [3.8, 4) is 0 Å². The number of alkyl halides is 3. The summed E-state index contributed by atoms with van der Waals surface area (Å²) in [6.45, 7) is 3.46. The molecule has 0 aliphatic heterocycles. The van der Waals surface area contributed by atoms with Crippen molar-refractivity contribution in [3.05, 3.63) is 23.8 Å². The van der Waals surface area contributed by atoms with E-state index in [0.29, 0.717) is 0 Å². The third kappa shape index (κ3) is 2.40. The molecule has 5 heteroatoms. The maximum absolute atomic E-state index is 12.1. The second kappa shape index (κ2) is 3.32. The zero-order valence-electron chi connectivity index (χ0n) is 7.18. The standard InChI is InChI=1S/C8H8F3N2/c1-5(2)7-12-4-3-6(13-7)8(9,10)11/h4-5H,1-2H3. The molecule has 1 heterocycles. The van der Waals surface area contributed by atoms with Crippen LogP contribution in [0.15, 0.2) is 6.20 Å². The number of nitrogens with zero attached hydrogens (tertiary/aromatic N) is 2. The van der Waals surface area contributed by atoms with Gasteiger partial charge in [-0.25, -0.2) is 9.97 Å². The molecular formula is C8H8F3N2. The minimum atomic E-state index is -4.44. The number of aromatic nitrogens is 2. The Bertz CT molecular complexity index is 294. The van der Waals surface area contributed by atoms with Gasteiger partial charge in [0, 0.05) is 18.2 Å². The second-order valence-corrected chi connectivity index (χ2v) is 2.87. The maximum atomic E-state index is 12.1. The first-order valence-corrected chi connectivity index (χ1v) is 3.73. The molecule has 0 unspecified atom stereocenters. The number of hydrogen-bond acceptors (Lipinski definition) is 2. The lowest BCUT2D eigenvalue weighted by Gasteiger charge is -2.07. The van der Waals surface area contributed by atoms with Crippen molar-refractivity contribution in [3.63, 3.8) is 0 Å². The first kappa shape index (κ1) is 9.95. The highest BCUT2D eigenvalue weighted by atomic mass is 19.4. The minimum absolute atomic E-state index is 0.115. The van der Waals surface area contributed by atoms with Crippen LogP contribution in [0.3, 0.4) is 0 Å². The van der Waals surface area contributed by atoms with Gasteiger partial charge in [-0.3, -0.25) is 0 Å². The molecule has 0 aromatic carbocycles. The smallest absolute Gasteiger partial charge is 0.240 e. The predicted octanol–water partition coefficient (Wildman–Crippen LogP) is 2.42. The van der Waals surface area contributed by atoms with Gasteiger partial charge in [0.05, 0.1) is 0 Å². The summed E-state index contributed by atoms with van der Waals surface area (Å²) >= 11 is 0. The van der Waals surface area contributed by atoms with Gasteiger partial charge < -0.3 is 0 Å². The Morgan fingerprint density at radius 1 is 1.38 bits per heavy atom. The molecule has 0 bridgehead atoms. The van der Waals surface area contributed by atoms with Gasteiger partial charge in [0.15, 0.2) is 5.69 Å². The topological polar surface area (TPSA) is 25.8 Å². The summed E-state index contributed by atoms with van der Waals surface area (Å²) in [6.07, 6.45) is -3.43. The van der Waals surface area contributed by atoms with Gasteiger partial charge in [-0.05, 0) is 0 Å². The summed E-state index contributed by atoms with van der Waals surface area (Å²) in [6, 6.07) is 1.96. The minimum Gasteiger partial charge on any atom is -0.240 e. The molecular weight excluding hydrogens is 181 g/mol. The van der Waals surface area contributed by atoms with E-state index in [1.54, 1.807) is 13.8 Å². The molecule has 71 valence electrons. The predicted molar refractivity (Wildman–Crippen MR) is 40.0 cm³/mol. The Balaban J connectivity index is 3.06. The van der Waals surface area contributed by atoms with Crippen LogP contribution in [0, 0.1) is 6.07 Å². The van der Waals surface area contributed by atoms with Crippen molar-refractivity contribution in [1.29, 1.82) is 0 Å². The van der Waals surface area contributed by atoms with Gasteiger partial charge in [0.25, 0.3) is 0 Å². The van der Waals surface area contributed by atoms with Gasteiger partial charge in [0.2, 0.25) is 0 Å². The largest absolute Gasteiger partial charge is 0.434 e. The van der Waals surface area contributed by atoms with Crippen LogP contribution >= 0.6 is 0 Å². The van der Waals surface area contributed by atoms with Crippen LogP contribution in [0.5, 0.6) is 0 Å². The van der Waals surface area contributed by atoms with Crippen LogP contribution in [0.2, 0.25) is 0 Å². The maximum Gasteiger partial charge on any atom is 0.434 e. The summed E-state index contributed by atoms with van der Waals surface area (Å²) in [4.78, 5) is 7.04. The highest BCUT2D eigenvalue weighted by Crippen LogP contribution is 2.27. The van der Waals surface area contributed by atoms with E-state index in [9.17, 15) is 13.2 Å². The first-order chi connectivity index (χ1) is 5.91. The summed E-state index contributed by atoms with van der Waals surface area (Å²) in [5.41, 5.74) is -1.01. The number of hydrogen-bond donors (Lipinski definition) is 0. The Labute approximate surface area is 73.8 Å². The lowest BCUT2D eigenvalue weighted by molar-refractivity contribution is -0.141. The molecule has 0 spiro atoms. The molecule has 0 atom stereocenters. The van der Waals surface area contributed by atoms with Gasteiger partial charge in [-0.1, -0.05) is 13.8 Å². The second-order valence-electron chi connectivity index (χ2n) is 2.87. The average molecular weight is 189 g/mol. The van der Waals surface area contributed by atoms with E-state index >= 15 is 0 Å². The lowest BCUT2D eigenvalue weighted by Crippen LogP contribution is -2.11. The fourth-order valence-electron chi connectivity index (χ4n) is 0.759. The van der Waals surface area contributed by atoms with Crippen LogP contribution in [0.4, 0.5) is 13.2 Å². The van der Waals surface area contributed by atoms with Crippen molar-refractivity contribution < 1.29 is 13.2 Å². The molecule has 13 heavy (non-hydrogen) atoms. The molecule has 0 saturated carbocycles. The Morgan fingerprint density at radius 3 is 2.46 bits per heavy atom. The lowest BCUT2D eigenvalue weighted by atomic mass is 10.2. The fourth-order valence-corrected chi connectivity index (χ4v) is 0.759. The number of rotatable bonds is 1. The Hall–Kier alpha value is -1.13.